The Bertz CT molecular complexity index is 1270. The van der Waals surface area contributed by atoms with Crippen LogP contribution in [0.5, 0.6) is 0 Å². The van der Waals surface area contributed by atoms with E-state index in [1.165, 1.54) is 30.2 Å². The Morgan fingerprint density at radius 1 is 1.23 bits per heavy atom. The molecular weight excluding hydrogens is 496 g/mol. The van der Waals surface area contributed by atoms with Gasteiger partial charge in [-0.2, -0.15) is 4.40 Å². The van der Waals surface area contributed by atoms with Gasteiger partial charge < -0.3 is 21.2 Å². The van der Waals surface area contributed by atoms with E-state index in [1.54, 1.807) is 26.0 Å². The van der Waals surface area contributed by atoms with Gasteiger partial charge in [-0.25, -0.2) is 9.02 Å². The Hall–Kier alpha value is -3.72. The van der Waals surface area contributed by atoms with Crippen LogP contribution in [0, 0.1) is 5.82 Å². The molecule has 4 N–H and O–H groups in total. The molecule has 0 saturated heterocycles. The fraction of sp³-hybridized carbons (Fsp3) is 0.150. The average molecular weight is 519 g/mol. The van der Waals surface area contributed by atoms with Crippen LogP contribution in [0.4, 0.5) is 15.8 Å². The summed E-state index contributed by atoms with van der Waals surface area (Å²) in [5.41, 5.74) is 2.10. The number of benzene rings is 2. The fourth-order valence-corrected chi connectivity index (χ4v) is 4.03. The van der Waals surface area contributed by atoms with Gasteiger partial charge in [-0.15, -0.1) is 0 Å². The lowest BCUT2D eigenvalue weighted by Crippen LogP contribution is -2.34. The molecule has 0 spiro atoms. The molecule has 0 atom stereocenters. The molecule has 3 aromatic rings. The zero-order valence-corrected chi connectivity index (χ0v) is 20.5. The van der Waals surface area contributed by atoms with Gasteiger partial charge >= 0.3 is 0 Å². The van der Waals surface area contributed by atoms with E-state index in [1.807, 2.05) is 18.2 Å². The number of para-hydroxylation sites is 1. The first-order valence-electron chi connectivity index (χ1n) is 10.2. The summed E-state index contributed by atoms with van der Waals surface area (Å²) in [4.78, 5) is 11.1. The second-order valence-electron chi connectivity index (χ2n) is 7.22. The minimum Gasteiger partial charge on any atom is -0.409 e. The largest absolute Gasteiger partial charge is 0.409 e. The molecule has 0 aliphatic heterocycles. The summed E-state index contributed by atoms with van der Waals surface area (Å²) < 4.78 is 34.5. The number of guanidine groups is 1. The fourth-order valence-electron chi connectivity index (χ4n) is 2.71. The minimum absolute atomic E-state index is 0.0291. The summed E-state index contributed by atoms with van der Waals surface area (Å²) in [7, 11) is -1.76. The highest BCUT2D eigenvalue weighted by molar-refractivity contribution is 8.13. The number of carbonyl (C=O) groups excluding carboxylic acids is 1. The number of thiol groups is 1. The molecule has 0 saturated carbocycles. The monoisotopic (exact) mass is 519 g/mol. The maximum atomic E-state index is 13.5. The first-order chi connectivity index (χ1) is 16.8. The van der Waals surface area contributed by atoms with Gasteiger partial charge in [0.15, 0.2) is 10.7 Å². The first-order valence-corrected chi connectivity index (χ1v) is 13.4. The summed E-state index contributed by atoms with van der Waals surface area (Å²) >= 11 is 1.24. The van der Waals surface area contributed by atoms with Crippen LogP contribution in [0.3, 0.4) is 0 Å². The van der Waals surface area contributed by atoms with Crippen molar-refractivity contribution in [3.05, 3.63) is 60.0 Å². The minimum atomic E-state index is -3.37. The molecule has 0 aliphatic carbocycles. The van der Waals surface area contributed by atoms with Crippen molar-refractivity contribution in [1.29, 1.82) is 0 Å². The van der Waals surface area contributed by atoms with Gasteiger partial charge in [0, 0.05) is 40.0 Å². The normalized spacial score (nSPS) is 12.7. The quantitative estimate of drug-likeness (QED) is 0.0313. The van der Waals surface area contributed by atoms with Crippen molar-refractivity contribution >= 4 is 64.0 Å². The molecule has 184 valence electrons. The topological polar surface area (TPSA) is 154 Å². The molecule has 1 heterocycles. The lowest BCUT2D eigenvalue weighted by Gasteiger charge is -2.14. The molecule has 1 aromatic heterocycles. The molecule has 3 rings (SSSR count). The summed E-state index contributed by atoms with van der Waals surface area (Å²) in [6, 6.07) is 13.4. The van der Waals surface area contributed by atoms with Crippen molar-refractivity contribution in [1.82, 2.24) is 15.6 Å². The smallest absolute Gasteiger partial charge is 0.208 e. The number of oxime groups is 1. The van der Waals surface area contributed by atoms with Crippen LogP contribution in [0.1, 0.15) is 5.69 Å². The number of nitrogens with one attached hydrogen (secondary N) is 3. The van der Waals surface area contributed by atoms with E-state index in [0.717, 1.165) is 0 Å². The Morgan fingerprint density at radius 2 is 2.00 bits per heavy atom. The third-order valence-electron chi connectivity index (χ3n) is 4.37. The van der Waals surface area contributed by atoms with Crippen LogP contribution in [-0.4, -0.2) is 63.5 Å². The van der Waals surface area contributed by atoms with Gasteiger partial charge in [-0.3, -0.25) is 9.00 Å². The van der Waals surface area contributed by atoms with Gasteiger partial charge in [0.2, 0.25) is 17.4 Å². The maximum absolute atomic E-state index is 13.5. The molecule has 0 unspecified atom stereocenters. The SMILES string of the molecule is Bc1cc(N/C(=N\O)c2nonc2SCCN/C(=N/[SH](C)(=O)C=O)Nc2ccccc2)ccc1F. The Balaban J connectivity index is 1.63. The maximum Gasteiger partial charge on any atom is 0.208 e. The number of thioether (sulfide) groups is 1. The van der Waals surface area contributed by atoms with Gasteiger partial charge in [0.1, 0.15) is 13.7 Å². The summed E-state index contributed by atoms with van der Waals surface area (Å²) in [6.07, 6.45) is 1.27. The van der Waals surface area contributed by atoms with Crippen LogP contribution in [0.2, 0.25) is 0 Å². The summed E-state index contributed by atoms with van der Waals surface area (Å²) in [5, 5.41) is 29.5. The number of halogens is 1. The first kappa shape index (κ1) is 25.9. The van der Waals surface area contributed by atoms with E-state index >= 15 is 0 Å². The van der Waals surface area contributed by atoms with Gasteiger partial charge in [0.05, 0.1) is 0 Å². The van der Waals surface area contributed by atoms with Crippen molar-refractivity contribution in [2.24, 2.45) is 9.55 Å². The highest BCUT2D eigenvalue weighted by atomic mass is 32.3. The van der Waals surface area contributed by atoms with Crippen LogP contribution >= 0.6 is 11.8 Å². The zero-order valence-electron chi connectivity index (χ0n) is 18.8. The summed E-state index contributed by atoms with van der Waals surface area (Å²) in [5.74, 6) is 0.222. The van der Waals surface area contributed by atoms with E-state index in [4.69, 9.17) is 4.63 Å². The number of anilines is 2. The Labute approximate surface area is 206 Å². The van der Waals surface area contributed by atoms with E-state index < -0.39 is 10.1 Å². The molecule has 0 bridgehead atoms. The second kappa shape index (κ2) is 12.1. The lowest BCUT2D eigenvalue weighted by atomic mass is 9.95. The van der Waals surface area contributed by atoms with Crippen molar-refractivity contribution < 1.29 is 23.2 Å². The Kier molecular flexibility index (Phi) is 8.97. The highest BCUT2D eigenvalue weighted by Gasteiger charge is 2.18. The number of hydrogen-bond donors (Lipinski definition) is 5. The number of aromatic nitrogens is 2. The molecule has 11 nitrogen and oxygen atoms in total. The lowest BCUT2D eigenvalue weighted by molar-refractivity contribution is 0.297. The van der Waals surface area contributed by atoms with Gasteiger partial charge in [-0.1, -0.05) is 40.6 Å². The molecule has 0 amide bonds. The molecule has 2 aromatic carbocycles. The van der Waals surface area contributed by atoms with E-state index in [2.05, 4.69) is 35.8 Å². The second-order valence-corrected chi connectivity index (χ2v) is 10.6. The standard InChI is InChI=1S/C20H23BFN7O4S2/c1-35(32,12-30)29-20(25-13-5-3-2-4-6-13)23-9-10-34-19-17(27-33-28-19)18(26-31)24-14-7-8-16(22)15(21)11-14/h2-8,11-12,31,35H,9-10,21H2,1H3,(H,24,26)(H2,23,25,29,32). The van der Waals surface area contributed by atoms with Crippen molar-refractivity contribution in [3.8, 4) is 0 Å². The number of amidine groups is 1. The van der Waals surface area contributed by atoms with E-state index in [-0.39, 0.29) is 23.3 Å². The number of nitrogens with zero attached hydrogens (tertiary/aromatic N) is 4. The number of carbonyl (C=O) groups is 1. The third kappa shape index (κ3) is 7.65. The van der Waals surface area contributed by atoms with Crippen molar-refractivity contribution in [2.75, 3.05) is 29.2 Å². The zero-order chi connectivity index (χ0) is 25.3. The number of hydrogen-bond acceptors (Lipinski definition) is 8. The molecule has 0 fully saturated rings. The third-order valence-corrected chi connectivity index (χ3v) is 6.31. The van der Waals surface area contributed by atoms with Crippen LogP contribution < -0.4 is 21.4 Å². The Morgan fingerprint density at radius 3 is 2.69 bits per heavy atom. The highest BCUT2D eigenvalue weighted by Crippen LogP contribution is 2.20. The van der Waals surface area contributed by atoms with Gasteiger partial charge in [0.25, 0.3) is 0 Å². The molecular formula is C20H23BFN7O4S2. The molecule has 0 radical (unpaired) electrons. The van der Waals surface area contributed by atoms with E-state index in [9.17, 15) is 18.6 Å². The van der Waals surface area contributed by atoms with Crippen molar-refractivity contribution in [2.45, 2.75) is 5.03 Å². The predicted molar refractivity (Wildman–Crippen MR) is 139 cm³/mol. The van der Waals surface area contributed by atoms with Crippen molar-refractivity contribution in [3.63, 3.8) is 0 Å². The van der Waals surface area contributed by atoms with Crippen LogP contribution in [0.25, 0.3) is 0 Å². The predicted octanol–water partition coefficient (Wildman–Crippen LogP) is 0.616. The molecule has 15 heteroatoms. The van der Waals surface area contributed by atoms with Crippen LogP contribution in [-0.2, 0) is 14.9 Å². The molecule has 35 heavy (non-hydrogen) atoms. The number of rotatable bonds is 9. The summed E-state index contributed by atoms with van der Waals surface area (Å²) in [6.45, 7) is 0.338. The molecule has 0 aliphatic rings. The van der Waals surface area contributed by atoms with Gasteiger partial charge in [-0.05, 0) is 40.6 Å². The average Bonchev–Trinajstić information content (AvgIpc) is 3.31. The van der Waals surface area contributed by atoms with E-state index in [0.29, 0.717) is 39.8 Å². The van der Waals surface area contributed by atoms with Crippen LogP contribution in [0.15, 0.2) is 67.7 Å².